The topological polar surface area (TPSA) is 198 Å². The van der Waals surface area contributed by atoms with E-state index in [1.807, 2.05) is 30.3 Å². The lowest BCUT2D eigenvalue weighted by Crippen LogP contribution is -2.08. The van der Waals surface area contributed by atoms with Crippen molar-refractivity contribution in [2.75, 3.05) is 12.0 Å². The highest BCUT2D eigenvalue weighted by atomic mass is 32.2. The molecule has 0 bridgehead atoms. The summed E-state index contributed by atoms with van der Waals surface area (Å²) in [6.45, 7) is 1.89. The number of rotatable bonds is 15. The van der Waals surface area contributed by atoms with E-state index in [1.165, 1.54) is 18.2 Å². The lowest BCUT2D eigenvalue weighted by molar-refractivity contribution is -0.432. The van der Waals surface area contributed by atoms with Crippen molar-refractivity contribution in [3.63, 3.8) is 0 Å². The van der Waals surface area contributed by atoms with Crippen LogP contribution in [0.1, 0.15) is 16.7 Å². The number of nitrogens with zero attached hydrogens (tertiary/aromatic N) is 2. The molecule has 0 aliphatic carbocycles. The molecule has 0 saturated carbocycles. The number of aryl methyl sites for hydroxylation is 1. The predicted octanol–water partition coefficient (Wildman–Crippen LogP) is 8.99. The molecule has 5 N–H and O–H groups in total. The summed E-state index contributed by atoms with van der Waals surface area (Å²) in [7, 11) is -4.49. The maximum atomic E-state index is 11.9. The van der Waals surface area contributed by atoms with Crippen molar-refractivity contribution < 1.29 is 52.1 Å². The molecule has 0 radical (unpaired) electrons. The number of aromatic hydroxyl groups is 1. The number of azo groups is 1. The Kier molecular flexibility index (Phi) is 12.2. The van der Waals surface area contributed by atoms with Gasteiger partial charge in [0.05, 0.1) is 34.7 Å². The smallest absolute Gasteiger partial charge is 0.295 e. The Morgan fingerprint density at radius 1 is 0.816 bits per heavy atom. The van der Waals surface area contributed by atoms with Crippen molar-refractivity contribution in [2.24, 2.45) is 10.2 Å². The van der Waals surface area contributed by atoms with Crippen LogP contribution in [-0.4, -0.2) is 35.3 Å². The van der Waals surface area contributed by atoms with Gasteiger partial charge >= 0.3 is 0 Å². The van der Waals surface area contributed by atoms with E-state index in [0.717, 1.165) is 0 Å². The highest BCUT2D eigenvalue weighted by Gasteiger charge is 2.17. The first kappa shape index (κ1) is 35.8. The minimum absolute atomic E-state index is 0.00732. The molecule has 0 spiro atoms. The number of phenolic OH excluding ortho intramolecular Hbond substituents is 1. The normalized spacial score (nSPS) is 11.9. The molecule has 0 aliphatic heterocycles. The van der Waals surface area contributed by atoms with Crippen molar-refractivity contribution >= 4 is 74.2 Å². The second-order valence-electron chi connectivity index (χ2n) is 10.0. The minimum Gasteiger partial charge on any atom is -0.505 e. The van der Waals surface area contributed by atoms with E-state index in [1.54, 1.807) is 61.5 Å². The summed E-state index contributed by atoms with van der Waals surface area (Å²) < 4.78 is 48.5. The van der Waals surface area contributed by atoms with Gasteiger partial charge in [-0.1, -0.05) is 58.6 Å². The standard InChI is InChI=1S/C32H27N3O11S3/c1-20-7-8-22(30(15-20)49(39,40)41)10-9-21-11-12-25(18-28(21)47-45-43-37)34-35-31-29(48-46-44-38)17-23-16-24(13-14-27(23)32(31)36)33-19-42-26-5-3-2-4-6-26/h2-18,33,36-38H,19H2,1H3,(H,39,40,41)/b10-9+,35-34?. The van der Waals surface area contributed by atoms with Crippen LogP contribution in [0.3, 0.4) is 0 Å². The Bertz CT molecular complexity index is 2100. The number of hydrogen-bond donors (Lipinski definition) is 5. The first-order chi connectivity index (χ1) is 23.7. The first-order valence-corrected chi connectivity index (χ1v) is 16.9. The van der Waals surface area contributed by atoms with Gasteiger partial charge in [-0.3, -0.25) is 4.55 Å². The number of para-hydroxylation sites is 1. The maximum Gasteiger partial charge on any atom is 0.295 e. The largest absolute Gasteiger partial charge is 0.505 e. The van der Waals surface area contributed by atoms with Crippen LogP contribution >= 0.6 is 24.1 Å². The fraction of sp³-hybridized carbons (Fsp3) is 0.0625. The molecule has 5 aromatic rings. The minimum atomic E-state index is -4.49. The Balaban J connectivity index is 1.42. The molecule has 5 rings (SSSR count). The third kappa shape index (κ3) is 9.55. The van der Waals surface area contributed by atoms with Gasteiger partial charge in [-0.05, 0) is 83.6 Å². The molecule has 17 heteroatoms. The molecular formula is C32H27N3O11S3. The summed E-state index contributed by atoms with van der Waals surface area (Å²) in [5, 5.41) is 48.9. The highest BCUT2D eigenvalue weighted by Crippen LogP contribution is 2.44. The number of benzene rings is 5. The van der Waals surface area contributed by atoms with Crippen molar-refractivity contribution in [1.29, 1.82) is 0 Å². The molecule has 254 valence electrons. The van der Waals surface area contributed by atoms with E-state index in [9.17, 15) is 18.1 Å². The molecule has 0 amide bonds. The van der Waals surface area contributed by atoms with Gasteiger partial charge in [-0.15, -0.1) is 13.8 Å². The van der Waals surface area contributed by atoms with Crippen molar-refractivity contribution in [3.05, 3.63) is 108 Å². The van der Waals surface area contributed by atoms with Gasteiger partial charge in [0, 0.05) is 16.0 Å². The Labute approximate surface area is 288 Å². The molecule has 0 unspecified atom stereocenters. The third-order valence-electron chi connectivity index (χ3n) is 6.77. The molecule has 0 aliphatic rings. The summed E-state index contributed by atoms with van der Waals surface area (Å²) >= 11 is 1.22. The second-order valence-corrected chi connectivity index (χ2v) is 12.9. The van der Waals surface area contributed by atoms with E-state index < -0.39 is 10.1 Å². The van der Waals surface area contributed by atoms with Crippen LogP contribution in [0, 0.1) is 6.92 Å². The van der Waals surface area contributed by atoms with Gasteiger partial charge < -0.3 is 15.2 Å². The molecule has 0 heterocycles. The summed E-state index contributed by atoms with van der Waals surface area (Å²) in [4.78, 5) is 0.356. The lowest BCUT2D eigenvalue weighted by atomic mass is 10.1. The molecule has 0 aromatic heterocycles. The van der Waals surface area contributed by atoms with Crippen molar-refractivity contribution in [2.45, 2.75) is 21.6 Å². The molecule has 0 saturated heterocycles. The fourth-order valence-corrected chi connectivity index (χ4v) is 6.30. The molecule has 5 aromatic carbocycles. The van der Waals surface area contributed by atoms with E-state index in [-0.39, 0.29) is 39.2 Å². The first-order valence-electron chi connectivity index (χ1n) is 14.0. The molecule has 0 atom stereocenters. The summed E-state index contributed by atoms with van der Waals surface area (Å²) in [5.74, 6) is 0.474. The van der Waals surface area contributed by atoms with Crippen molar-refractivity contribution in [3.8, 4) is 11.5 Å². The Morgan fingerprint density at radius 2 is 1.53 bits per heavy atom. The van der Waals surface area contributed by atoms with Gasteiger partial charge in [-0.25, -0.2) is 10.5 Å². The molecule has 14 nitrogen and oxygen atoms in total. The summed E-state index contributed by atoms with van der Waals surface area (Å²) in [6.07, 6.45) is 3.05. The predicted molar refractivity (Wildman–Crippen MR) is 183 cm³/mol. The SMILES string of the molecule is Cc1ccc(/C=C/c2ccc(N=Nc3c(SOOO)cc4cc(NCOc5ccccc5)ccc4c3O)cc2SOOO)c(S(=O)(=O)O)c1. The zero-order valence-corrected chi connectivity index (χ0v) is 27.7. The van der Waals surface area contributed by atoms with Crippen LogP contribution in [0.25, 0.3) is 22.9 Å². The number of hydrogen-bond acceptors (Lipinski definition) is 15. The van der Waals surface area contributed by atoms with E-state index in [0.29, 0.717) is 62.3 Å². The summed E-state index contributed by atoms with van der Waals surface area (Å²) in [6, 6.07) is 25.5. The Morgan fingerprint density at radius 3 is 2.27 bits per heavy atom. The number of phenols is 1. The summed E-state index contributed by atoms with van der Waals surface area (Å²) in [5.41, 5.74) is 2.37. The fourth-order valence-electron chi connectivity index (χ4n) is 4.53. The third-order valence-corrected chi connectivity index (χ3v) is 8.96. The lowest BCUT2D eigenvalue weighted by Gasteiger charge is -2.12. The van der Waals surface area contributed by atoms with Crippen LogP contribution in [-0.2, 0) is 28.9 Å². The maximum absolute atomic E-state index is 11.9. The monoisotopic (exact) mass is 725 g/mol. The number of nitrogens with one attached hydrogen (secondary N) is 1. The molecule has 49 heavy (non-hydrogen) atoms. The zero-order chi connectivity index (χ0) is 34.8. The number of ether oxygens (including phenoxy) is 1. The van der Waals surface area contributed by atoms with Gasteiger partial charge in [-0.2, -0.15) is 13.5 Å². The van der Waals surface area contributed by atoms with E-state index in [4.69, 9.17) is 15.3 Å². The van der Waals surface area contributed by atoms with Crippen LogP contribution in [0.4, 0.5) is 17.1 Å². The van der Waals surface area contributed by atoms with Crippen LogP contribution in [0.15, 0.2) is 116 Å². The average Bonchev–Trinajstić information content (AvgIpc) is 3.09. The highest BCUT2D eigenvalue weighted by molar-refractivity contribution is 7.95. The zero-order valence-electron chi connectivity index (χ0n) is 25.3. The number of anilines is 1. The quantitative estimate of drug-likeness (QED) is 0.0130. The van der Waals surface area contributed by atoms with E-state index >= 15 is 0 Å². The van der Waals surface area contributed by atoms with Gasteiger partial charge in [0.15, 0.2) is 12.5 Å². The number of fused-ring (bicyclic) bond motifs is 1. The van der Waals surface area contributed by atoms with Crippen LogP contribution in [0.2, 0.25) is 0 Å². The average molecular weight is 726 g/mol. The van der Waals surface area contributed by atoms with Gasteiger partial charge in [0.2, 0.25) is 0 Å². The molecule has 0 fully saturated rings. The van der Waals surface area contributed by atoms with E-state index in [2.05, 4.69) is 34.3 Å². The van der Waals surface area contributed by atoms with Crippen LogP contribution in [0.5, 0.6) is 11.5 Å². The second kappa shape index (κ2) is 16.7. The van der Waals surface area contributed by atoms with Gasteiger partial charge in [0.25, 0.3) is 10.1 Å². The van der Waals surface area contributed by atoms with Gasteiger partial charge in [0.1, 0.15) is 16.3 Å². The van der Waals surface area contributed by atoms with Crippen LogP contribution < -0.4 is 10.1 Å². The molecular weight excluding hydrogens is 699 g/mol. The Hall–Kier alpha value is -4.53. The van der Waals surface area contributed by atoms with Crippen molar-refractivity contribution in [1.82, 2.24) is 0 Å².